The first-order chi connectivity index (χ1) is 10.7. The highest BCUT2D eigenvalue weighted by Crippen LogP contribution is 2.14. The lowest BCUT2D eigenvalue weighted by Gasteiger charge is -2.08. The van der Waals surface area contributed by atoms with Gasteiger partial charge in [0.2, 0.25) is 5.43 Å². The molecule has 0 fully saturated rings. The largest absolute Gasteiger partial charge is 0.417 e. The predicted octanol–water partition coefficient (Wildman–Crippen LogP) is 2.21. The SMILES string of the molecule is O=C(Oc1cn(CC2=NCCS2)ccc1=O)c1ccccc1. The number of aliphatic imine (C=N–C) groups is 1. The van der Waals surface area contributed by atoms with E-state index in [-0.39, 0.29) is 11.2 Å². The van der Waals surface area contributed by atoms with Crippen LogP contribution in [0, 0.1) is 0 Å². The van der Waals surface area contributed by atoms with Gasteiger partial charge in [0.05, 0.1) is 23.3 Å². The Labute approximate surface area is 131 Å². The van der Waals surface area contributed by atoms with Crippen molar-refractivity contribution in [3.63, 3.8) is 0 Å². The molecule has 3 rings (SSSR count). The van der Waals surface area contributed by atoms with E-state index in [1.54, 1.807) is 53.0 Å². The summed E-state index contributed by atoms with van der Waals surface area (Å²) in [5.41, 5.74) is 0.0922. The minimum atomic E-state index is -0.539. The monoisotopic (exact) mass is 314 g/mol. The van der Waals surface area contributed by atoms with E-state index in [9.17, 15) is 9.59 Å². The molecule has 112 valence electrons. The van der Waals surface area contributed by atoms with Crippen molar-refractivity contribution in [1.29, 1.82) is 0 Å². The van der Waals surface area contributed by atoms with Gasteiger partial charge in [0.15, 0.2) is 5.75 Å². The fraction of sp³-hybridized carbons (Fsp3) is 0.188. The lowest BCUT2D eigenvalue weighted by atomic mass is 10.2. The van der Waals surface area contributed by atoms with Gasteiger partial charge in [0.25, 0.3) is 0 Å². The molecule has 0 N–H and O–H groups in total. The molecule has 0 aliphatic carbocycles. The average molecular weight is 314 g/mol. The number of aromatic nitrogens is 1. The summed E-state index contributed by atoms with van der Waals surface area (Å²) < 4.78 is 7.02. The number of rotatable bonds is 4. The molecule has 0 amide bonds. The summed E-state index contributed by atoms with van der Waals surface area (Å²) >= 11 is 1.70. The molecular weight excluding hydrogens is 300 g/mol. The highest BCUT2D eigenvalue weighted by atomic mass is 32.2. The average Bonchev–Trinajstić information content (AvgIpc) is 3.04. The van der Waals surface area contributed by atoms with Gasteiger partial charge >= 0.3 is 5.97 Å². The van der Waals surface area contributed by atoms with Crippen LogP contribution in [0.2, 0.25) is 0 Å². The molecule has 0 bridgehead atoms. The van der Waals surface area contributed by atoms with E-state index < -0.39 is 5.97 Å². The second-order valence-corrected chi connectivity index (χ2v) is 5.89. The first-order valence-corrected chi connectivity index (χ1v) is 7.84. The fourth-order valence-electron chi connectivity index (χ4n) is 2.04. The Morgan fingerprint density at radius 2 is 2.09 bits per heavy atom. The Morgan fingerprint density at radius 3 is 2.82 bits per heavy atom. The second-order valence-electron chi connectivity index (χ2n) is 4.73. The maximum Gasteiger partial charge on any atom is 0.343 e. The Balaban J connectivity index is 1.78. The van der Waals surface area contributed by atoms with E-state index in [4.69, 9.17) is 4.74 Å². The van der Waals surface area contributed by atoms with E-state index in [0.717, 1.165) is 17.3 Å². The van der Waals surface area contributed by atoms with Gasteiger partial charge in [-0.1, -0.05) is 18.2 Å². The van der Waals surface area contributed by atoms with Crippen LogP contribution >= 0.6 is 11.8 Å². The lowest BCUT2D eigenvalue weighted by molar-refractivity contribution is 0.0732. The third-order valence-corrected chi connectivity index (χ3v) is 4.10. The zero-order chi connectivity index (χ0) is 15.4. The molecule has 1 aromatic heterocycles. The number of benzene rings is 1. The zero-order valence-corrected chi connectivity index (χ0v) is 12.6. The molecule has 5 nitrogen and oxygen atoms in total. The van der Waals surface area contributed by atoms with Crippen LogP contribution in [0.3, 0.4) is 0 Å². The number of esters is 1. The molecular formula is C16H14N2O3S. The fourth-order valence-corrected chi connectivity index (χ4v) is 2.88. The maximum absolute atomic E-state index is 12.0. The van der Waals surface area contributed by atoms with Gasteiger partial charge in [0, 0.05) is 24.6 Å². The molecule has 6 heteroatoms. The van der Waals surface area contributed by atoms with Crippen LogP contribution in [0.5, 0.6) is 5.75 Å². The maximum atomic E-state index is 12.0. The highest BCUT2D eigenvalue weighted by Gasteiger charge is 2.12. The van der Waals surface area contributed by atoms with Crippen molar-refractivity contribution in [1.82, 2.24) is 4.57 Å². The summed E-state index contributed by atoms with van der Waals surface area (Å²) in [6.07, 6.45) is 3.22. The van der Waals surface area contributed by atoms with Crippen LogP contribution in [0.25, 0.3) is 0 Å². The molecule has 22 heavy (non-hydrogen) atoms. The number of hydrogen-bond acceptors (Lipinski definition) is 5. The molecule has 0 atom stereocenters. The van der Waals surface area contributed by atoms with Crippen molar-refractivity contribution in [3.8, 4) is 5.75 Å². The lowest BCUT2D eigenvalue weighted by Crippen LogP contribution is -2.17. The number of hydrogen-bond donors (Lipinski definition) is 0. The van der Waals surface area contributed by atoms with Crippen LogP contribution in [0.1, 0.15) is 10.4 Å². The second kappa shape index (κ2) is 6.62. The van der Waals surface area contributed by atoms with Gasteiger partial charge in [0.1, 0.15) is 0 Å². The van der Waals surface area contributed by atoms with Crippen LogP contribution < -0.4 is 10.2 Å². The number of nitrogens with zero attached hydrogens (tertiary/aromatic N) is 2. The summed E-state index contributed by atoms with van der Waals surface area (Å²) in [5, 5.41) is 1.02. The van der Waals surface area contributed by atoms with Crippen molar-refractivity contribution >= 4 is 22.8 Å². The molecule has 1 aliphatic rings. The molecule has 1 aromatic carbocycles. The van der Waals surface area contributed by atoms with E-state index >= 15 is 0 Å². The predicted molar refractivity (Wildman–Crippen MR) is 86.9 cm³/mol. The quantitative estimate of drug-likeness (QED) is 0.812. The standard InChI is InChI=1S/C16H14N2O3S/c19-13-6-8-18(11-15-17-7-9-22-15)10-14(13)21-16(20)12-4-2-1-3-5-12/h1-6,8,10H,7,9,11H2. The van der Waals surface area contributed by atoms with E-state index in [2.05, 4.69) is 4.99 Å². The van der Waals surface area contributed by atoms with Crippen molar-refractivity contribution < 1.29 is 9.53 Å². The van der Waals surface area contributed by atoms with E-state index in [1.807, 2.05) is 6.07 Å². The smallest absolute Gasteiger partial charge is 0.343 e. The van der Waals surface area contributed by atoms with Gasteiger partial charge in [-0.25, -0.2) is 4.79 Å². The van der Waals surface area contributed by atoms with Crippen LogP contribution in [0.4, 0.5) is 0 Å². The molecule has 1 aliphatic heterocycles. The van der Waals surface area contributed by atoms with Crippen LogP contribution in [-0.4, -0.2) is 27.9 Å². The van der Waals surface area contributed by atoms with E-state index in [0.29, 0.717) is 12.1 Å². The Hall–Kier alpha value is -2.34. The van der Waals surface area contributed by atoms with Crippen molar-refractivity contribution in [2.24, 2.45) is 4.99 Å². The number of ether oxygens (including phenoxy) is 1. The molecule has 0 saturated carbocycles. The number of thioether (sulfide) groups is 1. The Kier molecular flexibility index (Phi) is 4.39. The Bertz CT molecular complexity index is 768. The van der Waals surface area contributed by atoms with Crippen LogP contribution in [-0.2, 0) is 6.54 Å². The van der Waals surface area contributed by atoms with Crippen molar-refractivity contribution in [2.75, 3.05) is 12.3 Å². The van der Waals surface area contributed by atoms with Gasteiger partial charge < -0.3 is 9.30 Å². The van der Waals surface area contributed by atoms with Gasteiger partial charge in [-0.05, 0) is 12.1 Å². The third-order valence-electron chi connectivity index (χ3n) is 3.12. The summed E-state index contributed by atoms with van der Waals surface area (Å²) in [7, 11) is 0. The third kappa shape index (κ3) is 3.46. The number of carbonyl (C=O) groups excluding carboxylic acids is 1. The highest BCUT2D eigenvalue weighted by molar-refractivity contribution is 8.14. The zero-order valence-electron chi connectivity index (χ0n) is 11.8. The summed E-state index contributed by atoms with van der Waals surface area (Å²) in [5.74, 6) is 0.480. The minimum Gasteiger partial charge on any atom is -0.417 e. The van der Waals surface area contributed by atoms with Gasteiger partial charge in [-0.15, -0.1) is 11.8 Å². The summed E-state index contributed by atoms with van der Waals surface area (Å²) in [6, 6.07) is 9.99. The number of pyridine rings is 1. The number of carbonyl (C=O) groups is 1. The first kappa shape index (κ1) is 14.6. The van der Waals surface area contributed by atoms with Gasteiger partial charge in [-0.2, -0.15) is 0 Å². The normalized spacial score (nSPS) is 13.7. The van der Waals surface area contributed by atoms with E-state index in [1.165, 1.54) is 6.07 Å². The summed E-state index contributed by atoms with van der Waals surface area (Å²) in [4.78, 5) is 28.2. The Morgan fingerprint density at radius 1 is 1.27 bits per heavy atom. The molecule has 0 radical (unpaired) electrons. The first-order valence-electron chi connectivity index (χ1n) is 6.86. The van der Waals surface area contributed by atoms with Crippen molar-refractivity contribution in [3.05, 3.63) is 64.6 Å². The molecule has 0 unspecified atom stereocenters. The molecule has 0 saturated heterocycles. The van der Waals surface area contributed by atoms with Gasteiger partial charge in [-0.3, -0.25) is 9.79 Å². The molecule has 0 spiro atoms. The summed E-state index contributed by atoms with van der Waals surface area (Å²) in [6.45, 7) is 1.41. The minimum absolute atomic E-state index is 0.0277. The topological polar surface area (TPSA) is 60.7 Å². The van der Waals surface area contributed by atoms with Crippen LogP contribution in [0.15, 0.2) is 58.6 Å². The molecule has 2 heterocycles. The molecule has 2 aromatic rings. The van der Waals surface area contributed by atoms with Crippen molar-refractivity contribution in [2.45, 2.75) is 6.54 Å².